The molecule has 2 aromatic carbocycles. The van der Waals surface area contributed by atoms with Gasteiger partial charge in [0.25, 0.3) is 5.91 Å². The molecule has 7 nitrogen and oxygen atoms in total. The largest absolute Gasteiger partial charge is 0.336 e. The van der Waals surface area contributed by atoms with Crippen LogP contribution < -0.4 is 0 Å². The van der Waals surface area contributed by atoms with Crippen LogP contribution in [0.2, 0.25) is 5.02 Å². The summed E-state index contributed by atoms with van der Waals surface area (Å²) in [5.74, 6) is -0.144. The zero-order chi connectivity index (χ0) is 21.3. The van der Waals surface area contributed by atoms with E-state index >= 15 is 0 Å². The van der Waals surface area contributed by atoms with Crippen molar-refractivity contribution in [2.75, 3.05) is 26.2 Å². The molecule has 0 bridgehead atoms. The van der Waals surface area contributed by atoms with Crippen molar-refractivity contribution < 1.29 is 13.2 Å². The molecule has 0 unspecified atom stereocenters. The number of rotatable bonds is 4. The Labute approximate surface area is 180 Å². The first-order valence-electron chi connectivity index (χ1n) is 9.53. The van der Waals surface area contributed by atoms with Gasteiger partial charge in [-0.25, -0.2) is 13.1 Å². The second-order valence-corrected chi connectivity index (χ2v) is 9.42. The van der Waals surface area contributed by atoms with Crippen molar-refractivity contribution in [3.05, 3.63) is 77.1 Å². The van der Waals surface area contributed by atoms with E-state index in [-0.39, 0.29) is 23.9 Å². The molecule has 30 heavy (non-hydrogen) atoms. The number of para-hydroxylation sites is 1. The third-order valence-electron chi connectivity index (χ3n) is 5.20. The molecule has 0 spiro atoms. The molecule has 1 aliphatic heterocycles. The van der Waals surface area contributed by atoms with Crippen molar-refractivity contribution >= 4 is 27.5 Å². The molecule has 0 atom stereocenters. The lowest BCUT2D eigenvalue weighted by molar-refractivity contribution is 0.0697. The smallest absolute Gasteiger partial charge is 0.257 e. The third-order valence-corrected chi connectivity index (χ3v) is 7.33. The Balaban J connectivity index is 1.47. The lowest BCUT2D eigenvalue weighted by Crippen LogP contribution is -2.50. The fraction of sp³-hybridized carbons (Fsp3) is 0.238. The molecule has 0 radical (unpaired) electrons. The number of aromatic nitrogens is 2. The van der Waals surface area contributed by atoms with Crippen molar-refractivity contribution in [2.24, 2.45) is 0 Å². The normalized spacial score (nSPS) is 15.3. The van der Waals surface area contributed by atoms with E-state index in [9.17, 15) is 13.2 Å². The number of nitrogens with zero attached hydrogens (tertiary/aromatic N) is 4. The first kappa shape index (κ1) is 20.6. The number of benzene rings is 2. The van der Waals surface area contributed by atoms with Crippen LogP contribution >= 0.6 is 11.6 Å². The summed E-state index contributed by atoms with van der Waals surface area (Å²) in [5.41, 5.74) is 2.15. The average molecular weight is 445 g/mol. The Morgan fingerprint density at radius 3 is 2.37 bits per heavy atom. The molecule has 0 saturated carbocycles. The van der Waals surface area contributed by atoms with E-state index in [2.05, 4.69) is 5.10 Å². The molecule has 1 aliphatic rings. The zero-order valence-corrected chi connectivity index (χ0v) is 18.0. The van der Waals surface area contributed by atoms with E-state index in [0.29, 0.717) is 23.7 Å². The van der Waals surface area contributed by atoms with Gasteiger partial charge >= 0.3 is 0 Å². The Kier molecular flexibility index (Phi) is 5.64. The minimum Gasteiger partial charge on any atom is -0.336 e. The fourth-order valence-electron chi connectivity index (χ4n) is 3.53. The predicted molar refractivity (Wildman–Crippen MR) is 114 cm³/mol. The van der Waals surface area contributed by atoms with E-state index in [1.165, 1.54) is 16.4 Å². The molecule has 3 aromatic rings. The Hall–Kier alpha value is -2.68. The van der Waals surface area contributed by atoms with Crippen LogP contribution in [0.4, 0.5) is 0 Å². The Morgan fingerprint density at radius 2 is 1.70 bits per heavy atom. The molecule has 1 aromatic heterocycles. The van der Waals surface area contributed by atoms with Crippen molar-refractivity contribution in [3.63, 3.8) is 0 Å². The molecule has 1 saturated heterocycles. The van der Waals surface area contributed by atoms with Crippen LogP contribution in [-0.4, -0.2) is 59.5 Å². The standard InChI is InChI=1S/C21H21ClN4O3S/c1-16-20(15-23-26(16)18-7-3-2-4-8-18)21(27)24-10-12-25(13-11-24)30(28,29)19-9-5-6-17(22)14-19/h2-9,14-15H,10-13H2,1H3. The van der Waals surface area contributed by atoms with Crippen LogP contribution in [-0.2, 0) is 10.0 Å². The SMILES string of the molecule is Cc1c(C(=O)N2CCN(S(=O)(=O)c3cccc(Cl)c3)CC2)cnn1-c1ccccc1. The van der Waals surface area contributed by atoms with Crippen LogP contribution in [0.5, 0.6) is 0 Å². The van der Waals surface area contributed by atoms with Crippen molar-refractivity contribution in [2.45, 2.75) is 11.8 Å². The zero-order valence-electron chi connectivity index (χ0n) is 16.4. The quantitative estimate of drug-likeness (QED) is 0.620. The van der Waals surface area contributed by atoms with Gasteiger partial charge in [-0.15, -0.1) is 0 Å². The van der Waals surface area contributed by atoms with E-state index in [4.69, 9.17) is 11.6 Å². The number of amides is 1. The van der Waals surface area contributed by atoms with Gasteiger partial charge < -0.3 is 4.90 Å². The molecule has 9 heteroatoms. The summed E-state index contributed by atoms with van der Waals surface area (Å²) >= 11 is 5.94. The van der Waals surface area contributed by atoms with E-state index < -0.39 is 10.0 Å². The van der Waals surface area contributed by atoms with Gasteiger partial charge in [-0.1, -0.05) is 35.9 Å². The highest BCUT2D eigenvalue weighted by atomic mass is 35.5. The summed E-state index contributed by atoms with van der Waals surface area (Å²) in [6.45, 7) is 2.94. The third kappa shape index (κ3) is 3.86. The fourth-order valence-corrected chi connectivity index (χ4v) is 5.25. The molecule has 0 N–H and O–H groups in total. The van der Waals surface area contributed by atoms with E-state index in [0.717, 1.165) is 11.4 Å². The predicted octanol–water partition coefficient (Wildman–Crippen LogP) is 2.98. The number of carbonyl (C=O) groups is 1. The molecule has 1 fully saturated rings. The van der Waals surface area contributed by atoms with E-state index in [1.54, 1.807) is 27.9 Å². The van der Waals surface area contributed by atoms with Gasteiger partial charge in [-0.05, 0) is 37.3 Å². The molecular formula is C21H21ClN4O3S. The van der Waals surface area contributed by atoms with Gasteiger partial charge in [-0.2, -0.15) is 9.40 Å². The Morgan fingerprint density at radius 1 is 1.00 bits per heavy atom. The number of sulfonamides is 1. The first-order chi connectivity index (χ1) is 14.4. The highest BCUT2D eigenvalue weighted by Crippen LogP contribution is 2.22. The van der Waals surface area contributed by atoms with Crippen molar-refractivity contribution in [3.8, 4) is 5.69 Å². The second kappa shape index (κ2) is 8.22. The molecule has 156 valence electrons. The molecule has 4 rings (SSSR count). The summed E-state index contributed by atoms with van der Waals surface area (Å²) in [6.07, 6.45) is 1.57. The highest BCUT2D eigenvalue weighted by molar-refractivity contribution is 7.89. The van der Waals surface area contributed by atoms with Crippen LogP contribution in [0.3, 0.4) is 0 Å². The lowest BCUT2D eigenvalue weighted by atomic mass is 10.2. The minimum absolute atomic E-state index is 0.144. The van der Waals surface area contributed by atoms with E-state index in [1.807, 2.05) is 37.3 Å². The molecule has 0 aliphatic carbocycles. The maximum absolute atomic E-state index is 13.0. The van der Waals surface area contributed by atoms with Crippen LogP contribution in [0, 0.1) is 6.92 Å². The summed E-state index contributed by atoms with van der Waals surface area (Å²) < 4.78 is 28.8. The minimum atomic E-state index is -3.64. The lowest BCUT2D eigenvalue weighted by Gasteiger charge is -2.34. The summed E-state index contributed by atoms with van der Waals surface area (Å²) in [6, 6.07) is 15.8. The summed E-state index contributed by atoms with van der Waals surface area (Å²) in [7, 11) is -3.64. The molecule has 2 heterocycles. The van der Waals surface area contributed by atoms with Crippen LogP contribution in [0.25, 0.3) is 5.69 Å². The first-order valence-corrected chi connectivity index (χ1v) is 11.3. The average Bonchev–Trinajstić information content (AvgIpc) is 3.15. The van der Waals surface area contributed by atoms with Gasteiger partial charge in [0.1, 0.15) is 0 Å². The van der Waals surface area contributed by atoms with Crippen molar-refractivity contribution in [1.29, 1.82) is 0 Å². The Bertz CT molecular complexity index is 1170. The molecule has 1 amide bonds. The maximum Gasteiger partial charge on any atom is 0.257 e. The second-order valence-electron chi connectivity index (χ2n) is 7.04. The number of carbonyl (C=O) groups excluding carboxylic acids is 1. The van der Waals surface area contributed by atoms with Gasteiger partial charge in [-0.3, -0.25) is 4.79 Å². The monoisotopic (exact) mass is 444 g/mol. The van der Waals surface area contributed by atoms with Crippen LogP contribution in [0.15, 0.2) is 65.7 Å². The van der Waals surface area contributed by atoms with Gasteiger partial charge in [0.2, 0.25) is 10.0 Å². The van der Waals surface area contributed by atoms with Gasteiger partial charge in [0.15, 0.2) is 0 Å². The number of piperazine rings is 1. The van der Waals surface area contributed by atoms with Gasteiger partial charge in [0, 0.05) is 31.2 Å². The number of hydrogen-bond acceptors (Lipinski definition) is 4. The van der Waals surface area contributed by atoms with Gasteiger partial charge in [0.05, 0.1) is 28.0 Å². The topological polar surface area (TPSA) is 75.5 Å². The van der Waals surface area contributed by atoms with Crippen molar-refractivity contribution in [1.82, 2.24) is 19.0 Å². The number of hydrogen-bond donors (Lipinski definition) is 0. The molecular weight excluding hydrogens is 424 g/mol. The highest BCUT2D eigenvalue weighted by Gasteiger charge is 2.31. The maximum atomic E-state index is 13.0. The summed E-state index contributed by atoms with van der Waals surface area (Å²) in [4.78, 5) is 14.9. The number of halogens is 1. The summed E-state index contributed by atoms with van der Waals surface area (Å²) in [5, 5.41) is 4.73. The van der Waals surface area contributed by atoms with Crippen LogP contribution in [0.1, 0.15) is 16.1 Å².